The molecule has 0 saturated heterocycles. The Balaban J connectivity index is 1.62. The summed E-state index contributed by atoms with van der Waals surface area (Å²) < 4.78 is 0. The number of fused-ring (bicyclic) bond motifs is 2. The van der Waals surface area contributed by atoms with E-state index >= 15 is 0 Å². The second kappa shape index (κ2) is 5.39. The maximum Gasteiger partial charge on any atom is 0.257 e. The van der Waals surface area contributed by atoms with Crippen LogP contribution in [0, 0.1) is 0 Å². The Labute approximate surface area is 146 Å². The highest BCUT2D eigenvalue weighted by atomic mass is 32.1. The number of benzene rings is 2. The number of nitrogens with one attached hydrogen (secondary N) is 2. The lowest BCUT2D eigenvalue weighted by molar-refractivity contribution is 1.12. The Kier molecular flexibility index (Phi) is 3.05. The predicted octanol–water partition coefficient (Wildman–Crippen LogP) is 4.19. The lowest BCUT2D eigenvalue weighted by Crippen LogP contribution is -2.08. The molecule has 120 valence electrons. The summed E-state index contributed by atoms with van der Waals surface area (Å²) in [6.07, 6.45) is 1.79. The summed E-state index contributed by atoms with van der Waals surface area (Å²) in [6, 6.07) is 15.7. The van der Waals surface area contributed by atoms with Crippen molar-refractivity contribution in [2.45, 2.75) is 0 Å². The fourth-order valence-corrected chi connectivity index (χ4v) is 3.76. The minimum atomic E-state index is -0.124. The first-order valence-electron chi connectivity index (χ1n) is 7.79. The summed E-state index contributed by atoms with van der Waals surface area (Å²) in [4.78, 5) is 20.0. The molecule has 0 saturated carbocycles. The van der Waals surface area contributed by atoms with E-state index in [1.807, 2.05) is 53.9 Å². The zero-order valence-electron chi connectivity index (χ0n) is 13.0. The first-order chi connectivity index (χ1) is 12.3. The highest BCUT2D eigenvalue weighted by Gasteiger charge is 2.11. The van der Waals surface area contributed by atoms with E-state index in [0.717, 1.165) is 32.4 Å². The highest BCUT2D eigenvalue weighted by molar-refractivity contribution is 7.13. The summed E-state index contributed by atoms with van der Waals surface area (Å²) >= 11 is 1.53. The molecule has 0 aliphatic carbocycles. The topological polar surface area (TPSA) is 74.4 Å². The number of thiazole rings is 1. The van der Waals surface area contributed by atoms with Gasteiger partial charge in [0.25, 0.3) is 5.56 Å². The molecule has 0 atom stereocenters. The zero-order valence-corrected chi connectivity index (χ0v) is 13.8. The van der Waals surface area contributed by atoms with E-state index in [-0.39, 0.29) is 5.56 Å². The fraction of sp³-hybridized carbons (Fsp3) is 0. The highest BCUT2D eigenvalue weighted by Crippen LogP contribution is 2.30. The Morgan fingerprint density at radius 2 is 1.88 bits per heavy atom. The molecule has 0 spiro atoms. The summed E-state index contributed by atoms with van der Waals surface area (Å²) in [6.45, 7) is 0. The first kappa shape index (κ1) is 14.1. The second-order valence-electron chi connectivity index (χ2n) is 5.81. The zero-order chi connectivity index (χ0) is 16.8. The van der Waals surface area contributed by atoms with E-state index in [2.05, 4.69) is 20.2 Å². The van der Waals surface area contributed by atoms with Crippen molar-refractivity contribution in [3.63, 3.8) is 0 Å². The van der Waals surface area contributed by atoms with Crippen LogP contribution in [0.25, 0.3) is 43.6 Å². The first-order valence-corrected chi connectivity index (χ1v) is 8.67. The fourth-order valence-electron chi connectivity index (χ4n) is 2.94. The Morgan fingerprint density at radius 1 is 0.960 bits per heavy atom. The SMILES string of the molecule is O=c1[nH]c2ccccc2cc1-c1csc(-c2ccc3[nH]ncc3c2)n1. The monoisotopic (exact) mass is 344 g/mol. The van der Waals surface area contributed by atoms with E-state index in [9.17, 15) is 4.79 Å². The van der Waals surface area contributed by atoms with Gasteiger partial charge in [0.1, 0.15) is 5.01 Å². The third-order valence-electron chi connectivity index (χ3n) is 4.22. The van der Waals surface area contributed by atoms with Crippen LogP contribution >= 0.6 is 11.3 Å². The van der Waals surface area contributed by atoms with Gasteiger partial charge < -0.3 is 4.98 Å². The van der Waals surface area contributed by atoms with Crippen molar-refractivity contribution < 1.29 is 0 Å². The average molecular weight is 344 g/mol. The molecule has 25 heavy (non-hydrogen) atoms. The van der Waals surface area contributed by atoms with Crippen LogP contribution in [0.5, 0.6) is 0 Å². The molecular formula is C19H12N4OS. The van der Waals surface area contributed by atoms with Crippen molar-refractivity contribution in [3.05, 3.63) is 70.5 Å². The van der Waals surface area contributed by atoms with Crippen molar-refractivity contribution in [2.75, 3.05) is 0 Å². The molecular weight excluding hydrogens is 332 g/mol. The molecule has 5 aromatic rings. The minimum Gasteiger partial charge on any atom is -0.321 e. The van der Waals surface area contributed by atoms with Gasteiger partial charge in [-0.05, 0) is 35.7 Å². The number of nitrogens with zero attached hydrogens (tertiary/aromatic N) is 2. The minimum absolute atomic E-state index is 0.124. The largest absolute Gasteiger partial charge is 0.321 e. The summed E-state index contributed by atoms with van der Waals surface area (Å²) in [5.41, 5.74) is 4.00. The predicted molar refractivity (Wildman–Crippen MR) is 101 cm³/mol. The number of aromatic nitrogens is 4. The van der Waals surface area contributed by atoms with E-state index in [4.69, 9.17) is 0 Å². The lowest BCUT2D eigenvalue weighted by atomic mass is 10.1. The van der Waals surface area contributed by atoms with Crippen molar-refractivity contribution in [1.29, 1.82) is 0 Å². The van der Waals surface area contributed by atoms with Crippen LogP contribution in [0.3, 0.4) is 0 Å². The van der Waals surface area contributed by atoms with Gasteiger partial charge in [0.15, 0.2) is 0 Å². The van der Waals surface area contributed by atoms with Crippen LogP contribution in [-0.2, 0) is 0 Å². The molecule has 0 aliphatic rings. The van der Waals surface area contributed by atoms with Crippen LogP contribution in [0.2, 0.25) is 0 Å². The Morgan fingerprint density at radius 3 is 2.84 bits per heavy atom. The van der Waals surface area contributed by atoms with Gasteiger partial charge in [0.2, 0.25) is 0 Å². The molecule has 5 rings (SSSR count). The van der Waals surface area contributed by atoms with Crippen LogP contribution in [0.1, 0.15) is 0 Å². The Hall–Kier alpha value is -3.25. The molecule has 3 heterocycles. The van der Waals surface area contributed by atoms with Crippen molar-refractivity contribution in [2.24, 2.45) is 0 Å². The lowest BCUT2D eigenvalue weighted by Gasteiger charge is -2.01. The normalized spacial score (nSPS) is 11.4. The van der Waals surface area contributed by atoms with Gasteiger partial charge >= 0.3 is 0 Å². The molecule has 0 radical (unpaired) electrons. The summed E-state index contributed by atoms with van der Waals surface area (Å²) in [5, 5.41) is 11.8. The number of pyridine rings is 1. The van der Waals surface area contributed by atoms with Crippen LogP contribution in [0.4, 0.5) is 0 Å². The third-order valence-corrected chi connectivity index (χ3v) is 5.11. The van der Waals surface area contributed by atoms with E-state index < -0.39 is 0 Å². The standard InChI is InChI=1S/C19H12N4OS/c24-18-14(8-11-3-1-2-4-15(11)21-18)17-10-25-19(22-17)12-5-6-16-13(7-12)9-20-23-16/h1-10H,(H,20,23)(H,21,24). The number of para-hydroxylation sites is 1. The van der Waals surface area contributed by atoms with Crippen molar-refractivity contribution >= 4 is 33.1 Å². The number of hydrogen-bond donors (Lipinski definition) is 2. The van der Waals surface area contributed by atoms with Gasteiger partial charge in [0.05, 0.1) is 23.0 Å². The number of hydrogen-bond acceptors (Lipinski definition) is 4. The van der Waals surface area contributed by atoms with Crippen LogP contribution < -0.4 is 5.56 Å². The van der Waals surface area contributed by atoms with Crippen molar-refractivity contribution in [1.82, 2.24) is 20.2 Å². The summed E-state index contributed by atoms with van der Waals surface area (Å²) in [7, 11) is 0. The van der Waals surface area contributed by atoms with Gasteiger partial charge in [-0.15, -0.1) is 11.3 Å². The molecule has 0 bridgehead atoms. The molecule has 0 unspecified atom stereocenters. The third kappa shape index (κ3) is 2.35. The quantitative estimate of drug-likeness (QED) is 0.504. The number of H-pyrrole nitrogens is 2. The molecule has 0 fully saturated rings. The van der Waals surface area contributed by atoms with E-state index in [1.165, 1.54) is 11.3 Å². The number of rotatable bonds is 2. The van der Waals surface area contributed by atoms with Gasteiger partial charge in [-0.25, -0.2) is 4.98 Å². The molecule has 3 aromatic heterocycles. The van der Waals surface area contributed by atoms with Gasteiger partial charge in [0, 0.05) is 21.8 Å². The van der Waals surface area contributed by atoms with Gasteiger partial charge in [-0.2, -0.15) is 5.10 Å². The smallest absolute Gasteiger partial charge is 0.257 e. The molecule has 0 amide bonds. The molecule has 6 heteroatoms. The molecule has 5 nitrogen and oxygen atoms in total. The maximum absolute atomic E-state index is 12.4. The van der Waals surface area contributed by atoms with E-state index in [1.54, 1.807) is 6.20 Å². The maximum atomic E-state index is 12.4. The van der Waals surface area contributed by atoms with E-state index in [0.29, 0.717) is 11.3 Å². The molecule has 2 aromatic carbocycles. The summed E-state index contributed by atoms with van der Waals surface area (Å²) in [5.74, 6) is 0. The Bertz CT molecular complexity index is 1280. The molecule has 0 aliphatic heterocycles. The van der Waals surface area contributed by atoms with Crippen LogP contribution in [-0.4, -0.2) is 20.2 Å². The van der Waals surface area contributed by atoms with Gasteiger partial charge in [-0.3, -0.25) is 9.89 Å². The van der Waals surface area contributed by atoms with Crippen molar-refractivity contribution in [3.8, 4) is 21.8 Å². The molecule has 2 N–H and O–H groups in total. The average Bonchev–Trinajstić information content (AvgIpc) is 3.29. The number of aromatic amines is 2. The second-order valence-corrected chi connectivity index (χ2v) is 6.67. The van der Waals surface area contributed by atoms with Gasteiger partial charge in [-0.1, -0.05) is 18.2 Å². The van der Waals surface area contributed by atoms with Crippen LogP contribution in [0.15, 0.2) is 64.9 Å².